The Morgan fingerprint density at radius 3 is 1.06 bits per heavy atom. The number of methoxy groups -OCH3 is 2. The highest BCUT2D eigenvalue weighted by Crippen LogP contribution is 2.36. The zero-order valence-corrected chi connectivity index (χ0v) is 36.3. The molecular weight excluding hydrogens is 681 g/mol. The third-order valence-electron chi connectivity index (χ3n) is 10.9. The fourth-order valence-electron chi connectivity index (χ4n) is 9.19. The molecule has 2 aliphatic rings. The number of hydrogen-bond donors (Lipinski definition) is 2. The van der Waals surface area contributed by atoms with Gasteiger partial charge in [-0.05, 0) is 122 Å². The van der Waals surface area contributed by atoms with Gasteiger partial charge >= 0.3 is 12.0 Å². The van der Waals surface area contributed by atoms with E-state index in [4.69, 9.17) is 29.4 Å². The molecule has 2 aliphatic heterocycles. The number of ether oxygens (including phenoxy) is 2. The second-order valence-electron chi connectivity index (χ2n) is 17.9. The molecule has 14 heteroatoms. The van der Waals surface area contributed by atoms with Gasteiger partial charge in [-0.25, -0.2) is 0 Å². The van der Waals surface area contributed by atoms with Gasteiger partial charge in [0.25, 0.3) is 0 Å². The number of nitrogens with one attached hydrogen (secondary N) is 2. The van der Waals surface area contributed by atoms with E-state index in [0.29, 0.717) is 35.8 Å². The van der Waals surface area contributed by atoms with Crippen molar-refractivity contribution < 1.29 is 9.47 Å². The van der Waals surface area contributed by atoms with Crippen LogP contribution >= 0.6 is 0 Å². The third kappa shape index (κ3) is 11.6. The van der Waals surface area contributed by atoms with Gasteiger partial charge in [0, 0.05) is 73.5 Å². The highest BCUT2D eigenvalue weighted by atomic mass is 16.5. The smallest absolute Gasteiger partial charge is 0.322 e. The van der Waals surface area contributed by atoms with E-state index in [1.54, 1.807) is 14.2 Å². The molecule has 0 radical (unpaired) electrons. The van der Waals surface area contributed by atoms with E-state index in [0.717, 1.165) is 90.6 Å². The first-order valence-electron chi connectivity index (χ1n) is 20.6. The Balaban J connectivity index is 1.55. The molecule has 2 saturated heterocycles. The maximum absolute atomic E-state index is 5.63. The predicted molar refractivity (Wildman–Crippen MR) is 222 cm³/mol. The molecule has 306 valence electrons. The fraction of sp³-hybridized carbons (Fsp3) is 0.850. The summed E-state index contributed by atoms with van der Waals surface area (Å²) in [7, 11) is 3.28. The third-order valence-corrected chi connectivity index (χ3v) is 10.9. The van der Waals surface area contributed by atoms with Gasteiger partial charge in [0.15, 0.2) is 0 Å². The summed E-state index contributed by atoms with van der Waals surface area (Å²) >= 11 is 0. The lowest BCUT2D eigenvalue weighted by Crippen LogP contribution is -2.62. The van der Waals surface area contributed by atoms with E-state index in [1.807, 2.05) is 0 Å². The van der Waals surface area contributed by atoms with Crippen molar-refractivity contribution in [2.24, 2.45) is 0 Å². The number of piperidine rings is 2. The molecule has 2 fully saturated rings. The van der Waals surface area contributed by atoms with Crippen molar-refractivity contribution in [2.75, 3.05) is 73.1 Å². The Hall–Kier alpha value is -3.26. The minimum Gasteiger partial charge on any atom is -0.467 e. The Kier molecular flexibility index (Phi) is 14.6. The number of anilines is 4. The molecular formula is C40H74N12O2. The first-order valence-corrected chi connectivity index (χ1v) is 20.6. The largest absolute Gasteiger partial charge is 0.467 e. The summed E-state index contributed by atoms with van der Waals surface area (Å²) in [6.07, 6.45) is 8.20. The zero-order valence-electron chi connectivity index (χ0n) is 36.3. The summed E-state index contributed by atoms with van der Waals surface area (Å²) in [6.45, 7) is 31.9. The van der Waals surface area contributed by atoms with Gasteiger partial charge in [0.2, 0.25) is 23.8 Å². The lowest BCUT2D eigenvalue weighted by Gasteiger charge is -2.50. The van der Waals surface area contributed by atoms with Crippen molar-refractivity contribution in [1.29, 1.82) is 0 Å². The summed E-state index contributed by atoms with van der Waals surface area (Å²) in [5, 5.41) is 7.72. The Labute approximate surface area is 327 Å². The van der Waals surface area contributed by atoms with Crippen molar-refractivity contribution in [1.82, 2.24) is 40.5 Å². The molecule has 14 nitrogen and oxygen atoms in total. The van der Waals surface area contributed by atoms with Crippen LogP contribution < -0.4 is 39.7 Å². The van der Waals surface area contributed by atoms with E-state index in [9.17, 15) is 0 Å². The molecule has 2 aromatic rings. The maximum Gasteiger partial charge on any atom is 0.322 e. The van der Waals surface area contributed by atoms with E-state index in [-0.39, 0.29) is 34.2 Å². The number of nitrogens with zero attached hydrogens (tertiary/aromatic N) is 10. The van der Waals surface area contributed by atoms with Crippen molar-refractivity contribution >= 4 is 23.8 Å². The second-order valence-corrected chi connectivity index (χ2v) is 17.9. The molecule has 0 unspecified atom stereocenters. The highest BCUT2D eigenvalue weighted by Gasteiger charge is 2.42. The molecule has 0 amide bonds. The van der Waals surface area contributed by atoms with Crippen LogP contribution in [-0.2, 0) is 0 Å². The van der Waals surface area contributed by atoms with Crippen molar-refractivity contribution in [3.8, 4) is 12.0 Å². The summed E-state index contributed by atoms with van der Waals surface area (Å²) < 4.78 is 11.3. The van der Waals surface area contributed by atoms with Crippen LogP contribution in [0.3, 0.4) is 0 Å². The molecule has 0 atom stereocenters. The maximum atomic E-state index is 5.63. The summed E-state index contributed by atoms with van der Waals surface area (Å²) in [4.78, 5) is 38.3. The first-order chi connectivity index (χ1) is 25.4. The molecule has 54 heavy (non-hydrogen) atoms. The van der Waals surface area contributed by atoms with Crippen molar-refractivity contribution in [3.05, 3.63) is 0 Å². The number of rotatable bonds is 19. The molecule has 2 N–H and O–H groups in total. The SMILES string of the molecule is CCN(CC)c1nc(OC)nc(N(CCCCCCN(c2nc(OC)nc(N(CC)CC)n2)C2CC(C)(C)NC(C)(C)C2)C2CC(C)(C)NC(C)(C)C2)n1. The first kappa shape index (κ1) is 43.5. The molecule has 4 rings (SSSR count). The average molecular weight is 755 g/mol. The molecule has 0 spiro atoms. The van der Waals surface area contributed by atoms with Crippen LogP contribution in [-0.4, -0.2) is 118 Å². The molecule has 2 aromatic heterocycles. The minimum atomic E-state index is -0.0203. The van der Waals surface area contributed by atoms with E-state index in [2.05, 4.69) is 123 Å². The second kappa shape index (κ2) is 18.1. The molecule has 4 heterocycles. The average Bonchev–Trinajstić information content (AvgIpc) is 3.07. The van der Waals surface area contributed by atoms with Crippen LogP contribution in [0.2, 0.25) is 0 Å². The predicted octanol–water partition coefficient (Wildman–Crippen LogP) is 6.26. The summed E-state index contributed by atoms with van der Waals surface area (Å²) in [6, 6.07) is 1.27. The normalized spacial score (nSPS) is 19.3. The Morgan fingerprint density at radius 2 is 0.778 bits per heavy atom. The quantitative estimate of drug-likeness (QED) is 0.156. The standard InChI is InChI=1S/C40H74N12O2/c1-15-49(16-2)31-41-33(45-35(43-31)53-13)51(29-25-37(5,6)47-38(7,8)26-29)23-21-19-20-22-24-52(30-27-39(9,10)48-40(11,12)28-30)34-42-32(50(17-3)18-4)44-36(46-34)54-14/h29-30,47-48H,15-28H2,1-14H3. The Morgan fingerprint density at radius 1 is 0.481 bits per heavy atom. The van der Waals surface area contributed by atoms with Crippen LogP contribution in [0.4, 0.5) is 23.8 Å². The molecule has 0 aliphatic carbocycles. The van der Waals surface area contributed by atoms with Gasteiger partial charge in [-0.2, -0.15) is 29.9 Å². The topological polar surface area (TPSA) is 133 Å². The number of hydrogen-bond acceptors (Lipinski definition) is 14. The van der Waals surface area contributed by atoms with Crippen molar-refractivity contribution in [3.63, 3.8) is 0 Å². The van der Waals surface area contributed by atoms with Crippen LogP contribution in [0.25, 0.3) is 0 Å². The monoisotopic (exact) mass is 755 g/mol. The van der Waals surface area contributed by atoms with Gasteiger partial charge < -0.3 is 39.7 Å². The van der Waals surface area contributed by atoms with E-state index >= 15 is 0 Å². The van der Waals surface area contributed by atoms with Gasteiger partial charge in [-0.1, -0.05) is 12.8 Å². The summed E-state index contributed by atoms with van der Waals surface area (Å²) in [5.74, 6) is 2.75. The van der Waals surface area contributed by atoms with Gasteiger partial charge in [-0.15, -0.1) is 0 Å². The van der Waals surface area contributed by atoms with Gasteiger partial charge in [-0.3, -0.25) is 0 Å². The van der Waals surface area contributed by atoms with Crippen LogP contribution in [0.15, 0.2) is 0 Å². The van der Waals surface area contributed by atoms with E-state index < -0.39 is 0 Å². The molecule has 0 aromatic carbocycles. The fourth-order valence-corrected chi connectivity index (χ4v) is 9.19. The summed E-state index contributed by atoms with van der Waals surface area (Å²) in [5.41, 5.74) is -0.0810. The van der Waals surface area contributed by atoms with Crippen LogP contribution in [0.1, 0.15) is 134 Å². The molecule has 0 saturated carbocycles. The van der Waals surface area contributed by atoms with Crippen LogP contribution in [0.5, 0.6) is 12.0 Å². The lowest BCUT2D eigenvalue weighted by molar-refractivity contribution is 0.156. The van der Waals surface area contributed by atoms with E-state index in [1.165, 1.54) is 0 Å². The van der Waals surface area contributed by atoms with Gasteiger partial charge in [0.05, 0.1) is 14.2 Å². The van der Waals surface area contributed by atoms with Crippen LogP contribution in [0, 0.1) is 0 Å². The Bertz CT molecular complexity index is 1340. The number of unbranched alkanes of at least 4 members (excludes halogenated alkanes) is 3. The number of aromatic nitrogens is 6. The minimum absolute atomic E-state index is 0.0203. The zero-order chi connectivity index (χ0) is 39.9. The lowest BCUT2D eigenvalue weighted by atomic mass is 9.79. The van der Waals surface area contributed by atoms with Crippen molar-refractivity contribution in [2.45, 2.75) is 169 Å². The highest BCUT2D eigenvalue weighted by molar-refractivity contribution is 5.43. The molecule has 0 bridgehead atoms. The van der Waals surface area contributed by atoms with Gasteiger partial charge in [0.1, 0.15) is 0 Å².